The molecule has 0 bridgehead atoms. The quantitative estimate of drug-likeness (QED) is 0.891. The Morgan fingerprint density at radius 3 is 2.56 bits per heavy atom. The molecular formula is C15H17FN2. The maximum Gasteiger partial charge on any atom is 0.131 e. The van der Waals surface area contributed by atoms with Gasteiger partial charge in [-0.1, -0.05) is 19.9 Å². The van der Waals surface area contributed by atoms with Gasteiger partial charge in [-0.25, -0.2) is 4.39 Å². The molecule has 0 radical (unpaired) electrons. The van der Waals surface area contributed by atoms with E-state index in [-0.39, 0.29) is 5.82 Å². The molecule has 94 valence electrons. The number of rotatable bonds is 4. The Kier molecular flexibility index (Phi) is 4.05. The van der Waals surface area contributed by atoms with Crippen molar-refractivity contribution >= 4 is 0 Å². The third-order valence-electron chi connectivity index (χ3n) is 2.74. The second kappa shape index (κ2) is 5.74. The SMILES string of the molecule is CC(C)NCc1ccc(F)c(-c2ccncc2)c1. The summed E-state index contributed by atoms with van der Waals surface area (Å²) in [5.41, 5.74) is 2.56. The lowest BCUT2D eigenvalue weighted by Gasteiger charge is -2.10. The van der Waals surface area contributed by atoms with Crippen molar-refractivity contribution in [2.24, 2.45) is 0 Å². The molecule has 0 aliphatic rings. The van der Waals surface area contributed by atoms with Gasteiger partial charge in [0, 0.05) is 30.5 Å². The molecule has 0 unspecified atom stereocenters. The van der Waals surface area contributed by atoms with E-state index in [1.165, 1.54) is 6.07 Å². The molecule has 0 atom stereocenters. The van der Waals surface area contributed by atoms with Gasteiger partial charge in [0.05, 0.1) is 0 Å². The monoisotopic (exact) mass is 244 g/mol. The van der Waals surface area contributed by atoms with Crippen LogP contribution in [0, 0.1) is 5.82 Å². The number of hydrogen-bond donors (Lipinski definition) is 1. The molecule has 3 heteroatoms. The van der Waals surface area contributed by atoms with Crippen molar-refractivity contribution in [2.45, 2.75) is 26.4 Å². The number of aromatic nitrogens is 1. The van der Waals surface area contributed by atoms with E-state index in [2.05, 4.69) is 24.1 Å². The third-order valence-corrected chi connectivity index (χ3v) is 2.74. The second-order valence-corrected chi connectivity index (χ2v) is 4.59. The Labute approximate surface area is 107 Å². The van der Waals surface area contributed by atoms with Gasteiger partial charge in [-0.3, -0.25) is 4.98 Å². The Morgan fingerprint density at radius 1 is 1.17 bits per heavy atom. The predicted molar refractivity (Wildman–Crippen MR) is 71.6 cm³/mol. The van der Waals surface area contributed by atoms with E-state index in [1.54, 1.807) is 12.4 Å². The van der Waals surface area contributed by atoms with Crippen molar-refractivity contribution in [3.8, 4) is 11.1 Å². The van der Waals surface area contributed by atoms with Crippen molar-refractivity contribution < 1.29 is 4.39 Å². The smallest absolute Gasteiger partial charge is 0.131 e. The zero-order valence-electron chi connectivity index (χ0n) is 10.7. The van der Waals surface area contributed by atoms with Crippen molar-refractivity contribution in [1.82, 2.24) is 10.3 Å². The average Bonchev–Trinajstić information content (AvgIpc) is 2.38. The minimum absolute atomic E-state index is 0.200. The highest BCUT2D eigenvalue weighted by Crippen LogP contribution is 2.23. The molecule has 2 nitrogen and oxygen atoms in total. The van der Waals surface area contributed by atoms with Crippen molar-refractivity contribution in [2.75, 3.05) is 0 Å². The van der Waals surface area contributed by atoms with Crippen LogP contribution < -0.4 is 5.32 Å². The van der Waals surface area contributed by atoms with Crippen LogP contribution >= 0.6 is 0 Å². The van der Waals surface area contributed by atoms with E-state index in [1.807, 2.05) is 24.3 Å². The van der Waals surface area contributed by atoms with Crippen LogP contribution in [0.5, 0.6) is 0 Å². The molecule has 1 aromatic carbocycles. The van der Waals surface area contributed by atoms with Crippen LogP contribution in [0.2, 0.25) is 0 Å². The molecule has 0 spiro atoms. The number of nitrogens with one attached hydrogen (secondary N) is 1. The largest absolute Gasteiger partial charge is 0.310 e. The first kappa shape index (κ1) is 12.7. The molecule has 0 fully saturated rings. The van der Waals surface area contributed by atoms with E-state index in [0.717, 1.165) is 17.7 Å². The van der Waals surface area contributed by atoms with Crippen molar-refractivity contribution in [3.05, 3.63) is 54.1 Å². The Bertz CT molecular complexity index is 509. The summed E-state index contributed by atoms with van der Waals surface area (Å²) in [6.45, 7) is 4.93. The van der Waals surface area contributed by atoms with Crippen LogP contribution in [0.25, 0.3) is 11.1 Å². The number of benzene rings is 1. The Balaban J connectivity index is 2.27. The van der Waals surface area contributed by atoms with Crippen molar-refractivity contribution in [1.29, 1.82) is 0 Å². The summed E-state index contributed by atoms with van der Waals surface area (Å²) in [7, 11) is 0. The van der Waals surface area contributed by atoms with Crippen LogP contribution in [-0.4, -0.2) is 11.0 Å². The van der Waals surface area contributed by atoms with Gasteiger partial charge in [0.1, 0.15) is 5.82 Å². The summed E-state index contributed by atoms with van der Waals surface area (Å²) in [4.78, 5) is 3.95. The molecule has 0 saturated heterocycles. The first-order valence-electron chi connectivity index (χ1n) is 6.09. The summed E-state index contributed by atoms with van der Waals surface area (Å²) in [5, 5.41) is 3.33. The van der Waals surface area contributed by atoms with E-state index < -0.39 is 0 Å². The maximum absolute atomic E-state index is 13.8. The molecule has 2 rings (SSSR count). The number of hydrogen-bond acceptors (Lipinski definition) is 2. The highest BCUT2D eigenvalue weighted by atomic mass is 19.1. The zero-order valence-corrected chi connectivity index (χ0v) is 10.7. The van der Waals surface area contributed by atoms with E-state index in [9.17, 15) is 4.39 Å². The molecule has 18 heavy (non-hydrogen) atoms. The minimum Gasteiger partial charge on any atom is -0.310 e. The zero-order chi connectivity index (χ0) is 13.0. The topological polar surface area (TPSA) is 24.9 Å². The third kappa shape index (κ3) is 3.14. The summed E-state index contributed by atoms with van der Waals surface area (Å²) in [5.74, 6) is -0.200. The average molecular weight is 244 g/mol. The fourth-order valence-corrected chi connectivity index (χ4v) is 1.76. The van der Waals surface area contributed by atoms with Gasteiger partial charge in [0.15, 0.2) is 0 Å². The summed E-state index contributed by atoms with van der Waals surface area (Å²) in [6, 6.07) is 9.28. The Morgan fingerprint density at radius 2 is 1.89 bits per heavy atom. The first-order valence-corrected chi connectivity index (χ1v) is 6.09. The molecule has 0 aliphatic carbocycles. The van der Waals surface area contributed by atoms with Gasteiger partial charge in [-0.05, 0) is 35.4 Å². The van der Waals surface area contributed by atoms with E-state index >= 15 is 0 Å². The predicted octanol–water partition coefficient (Wildman–Crippen LogP) is 3.39. The number of nitrogens with zero attached hydrogens (tertiary/aromatic N) is 1. The van der Waals surface area contributed by atoms with Crippen LogP contribution in [0.15, 0.2) is 42.7 Å². The molecule has 1 heterocycles. The summed E-state index contributed by atoms with van der Waals surface area (Å²) >= 11 is 0. The van der Waals surface area contributed by atoms with Gasteiger partial charge in [0.2, 0.25) is 0 Å². The number of pyridine rings is 1. The lowest BCUT2D eigenvalue weighted by molar-refractivity contribution is 0.586. The van der Waals surface area contributed by atoms with Crippen LogP contribution in [0.1, 0.15) is 19.4 Å². The van der Waals surface area contributed by atoms with Gasteiger partial charge >= 0.3 is 0 Å². The molecule has 1 N–H and O–H groups in total. The summed E-state index contributed by atoms with van der Waals surface area (Å²) in [6.07, 6.45) is 3.35. The van der Waals surface area contributed by atoms with Gasteiger partial charge in [-0.2, -0.15) is 0 Å². The minimum atomic E-state index is -0.200. The molecule has 1 aromatic heterocycles. The first-order chi connectivity index (χ1) is 8.66. The van der Waals surface area contributed by atoms with Crippen molar-refractivity contribution in [3.63, 3.8) is 0 Å². The molecule has 2 aromatic rings. The van der Waals surface area contributed by atoms with Gasteiger partial charge < -0.3 is 5.32 Å². The fourth-order valence-electron chi connectivity index (χ4n) is 1.76. The highest BCUT2D eigenvalue weighted by Gasteiger charge is 2.06. The molecule has 0 saturated carbocycles. The molecule has 0 amide bonds. The van der Waals surface area contributed by atoms with Crippen LogP contribution in [0.4, 0.5) is 4.39 Å². The fraction of sp³-hybridized carbons (Fsp3) is 0.267. The standard InChI is InChI=1S/C15H17FN2/c1-11(2)18-10-12-3-4-15(16)14(9-12)13-5-7-17-8-6-13/h3-9,11,18H,10H2,1-2H3. The second-order valence-electron chi connectivity index (χ2n) is 4.59. The van der Waals surface area contributed by atoms with E-state index in [4.69, 9.17) is 0 Å². The Hall–Kier alpha value is -1.74. The van der Waals surface area contributed by atoms with E-state index in [0.29, 0.717) is 11.6 Å². The molecule has 0 aliphatic heterocycles. The lowest BCUT2D eigenvalue weighted by atomic mass is 10.0. The van der Waals surface area contributed by atoms with Gasteiger partial charge in [0.25, 0.3) is 0 Å². The van der Waals surface area contributed by atoms with Gasteiger partial charge in [-0.15, -0.1) is 0 Å². The van der Waals surface area contributed by atoms with Crippen LogP contribution in [-0.2, 0) is 6.54 Å². The highest BCUT2D eigenvalue weighted by molar-refractivity contribution is 5.64. The number of halogens is 1. The lowest BCUT2D eigenvalue weighted by Crippen LogP contribution is -2.21. The maximum atomic E-state index is 13.8. The summed E-state index contributed by atoms with van der Waals surface area (Å²) < 4.78 is 13.8. The normalized spacial score (nSPS) is 10.9. The molecular weight excluding hydrogens is 227 g/mol. The van der Waals surface area contributed by atoms with Crippen LogP contribution in [0.3, 0.4) is 0 Å².